The number of nitrogens with one attached hydrogen (secondary N) is 1. The first kappa shape index (κ1) is 22.2. The van der Waals surface area contributed by atoms with Crippen molar-refractivity contribution in [3.8, 4) is 0 Å². The zero-order chi connectivity index (χ0) is 22.7. The minimum atomic E-state index is -0.982. The summed E-state index contributed by atoms with van der Waals surface area (Å²) in [6.07, 6.45) is -0.638. The van der Waals surface area contributed by atoms with E-state index in [-0.39, 0.29) is 50.4 Å². The van der Waals surface area contributed by atoms with Gasteiger partial charge in [-0.1, -0.05) is 11.2 Å². The lowest BCUT2D eigenvalue weighted by Crippen LogP contribution is -2.43. The van der Waals surface area contributed by atoms with Gasteiger partial charge in [-0.05, 0) is 30.7 Å². The number of hydrogen-bond acceptors (Lipinski definition) is 8. The van der Waals surface area contributed by atoms with Crippen LogP contribution in [0.15, 0.2) is 29.4 Å². The van der Waals surface area contributed by atoms with Crippen LogP contribution in [-0.4, -0.2) is 64.8 Å². The van der Waals surface area contributed by atoms with Crippen LogP contribution in [0.4, 0.5) is 8.78 Å². The van der Waals surface area contributed by atoms with E-state index in [2.05, 4.69) is 20.4 Å². The number of oxime groups is 1. The maximum atomic E-state index is 13.3. The molecule has 170 valence electrons. The Balaban J connectivity index is 1.39. The zero-order valence-electron chi connectivity index (χ0n) is 17.3. The smallest absolute Gasteiger partial charge is 0.270 e. The molecule has 3 atom stereocenters. The van der Waals surface area contributed by atoms with Crippen molar-refractivity contribution < 1.29 is 33.0 Å². The second kappa shape index (κ2) is 9.63. The fourth-order valence-electron chi connectivity index (χ4n) is 3.38. The van der Waals surface area contributed by atoms with Crippen LogP contribution in [0, 0.1) is 18.6 Å². The highest BCUT2D eigenvalue weighted by Crippen LogP contribution is 2.23. The number of benzene rings is 1. The molecule has 2 aromatic rings. The topological polar surface area (TPSA) is 115 Å². The zero-order valence-corrected chi connectivity index (χ0v) is 17.3. The van der Waals surface area contributed by atoms with Crippen LogP contribution in [0.1, 0.15) is 34.0 Å². The summed E-state index contributed by atoms with van der Waals surface area (Å²) < 4.78 is 37.6. The highest BCUT2D eigenvalue weighted by molar-refractivity contribution is 6.02. The third kappa shape index (κ3) is 5.06. The molecule has 2 N–H and O–H groups in total. The van der Waals surface area contributed by atoms with Crippen LogP contribution in [-0.2, 0) is 20.9 Å². The van der Waals surface area contributed by atoms with Crippen molar-refractivity contribution in [1.82, 2.24) is 15.3 Å². The summed E-state index contributed by atoms with van der Waals surface area (Å²) in [4.78, 5) is 26.5. The number of amides is 1. The average molecular weight is 448 g/mol. The highest BCUT2D eigenvalue weighted by atomic mass is 19.2. The Morgan fingerprint density at radius 3 is 2.72 bits per heavy atom. The summed E-state index contributed by atoms with van der Waals surface area (Å²) in [5.74, 6) is -2.05. The number of aromatic nitrogens is 2. The van der Waals surface area contributed by atoms with Crippen molar-refractivity contribution in [2.24, 2.45) is 5.16 Å². The van der Waals surface area contributed by atoms with Gasteiger partial charge in [-0.25, -0.2) is 18.7 Å². The number of nitrogens with zero attached hydrogens (tertiary/aromatic N) is 3. The van der Waals surface area contributed by atoms with Gasteiger partial charge in [0.2, 0.25) is 0 Å². The van der Waals surface area contributed by atoms with E-state index in [0.29, 0.717) is 29.2 Å². The Labute approximate surface area is 182 Å². The number of aryl methyl sites for hydroxylation is 1. The van der Waals surface area contributed by atoms with Crippen molar-refractivity contribution >= 4 is 11.6 Å². The van der Waals surface area contributed by atoms with E-state index in [4.69, 9.17) is 19.4 Å². The summed E-state index contributed by atoms with van der Waals surface area (Å²) in [5.41, 5.74) is 1.52. The molecule has 2 aliphatic rings. The number of halogens is 2. The van der Waals surface area contributed by atoms with Gasteiger partial charge < -0.3 is 24.7 Å². The van der Waals surface area contributed by atoms with Crippen LogP contribution >= 0.6 is 0 Å². The van der Waals surface area contributed by atoms with Crippen LogP contribution in [0.25, 0.3) is 0 Å². The maximum Gasteiger partial charge on any atom is 0.270 e. The molecule has 4 rings (SSSR count). The molecular weight excluding hydrogens is 426 g/mol. The molecule has 1 aromatic carbocycles. The summed E-state index contributed by atoms with van der Waals surface area (Å²) >= 11 is 0. The second-order valence-electron chi connectivity index (χ2n) is 7.51. The predicted octanol–water partition coefficient (Wildman–Crippen LogP) is 1.26. The molecule has 0 bridgehead atoms. The van der Waals surface area contributed by atoms with E-state index in [1.807, 2.05) is 0 Å². The van der Waals surface area contributed by atoms with Gasteiger partial charge in [0.25, 0.3) is 5.91 Å². The Bertz CT molecular complexity index is 1030. The highest BCUT2D eigenvalue weighted by Gasteiger charge is 2.35. The molecule has 1 amide bonds. The lowest BCUT2D eigenvalue weighted by molar-refractivity contribution is -0.178. The van der Waals surface area contributed by atoms with Gasteiger partial charge in [-0.15, -0.1) is 0 Å². The molecule has 1 saturated heterocycles. The molecule has 3 heterocycles. The Morgan fingerprint density at radius 1 is 1.16 bits per heavy atom. The van der Waals surface area contributed by atoms with Gasteiger partial charge in [-0.3, -0.25) is 4.79 Å². The fraction of sp³-hybridized carbons (Fsp3) is 0.429. The first-order valence-corrected chi connectivity index (χ1v) is 10.1. The van der Waals surface area contributed by atoms with Gasteiger partial charge in [0.15, 0.2) is 17.7 Å². The molecule has 0 saturated carbocycles. The number of aliphatic hydroxyl groups excluding tert-OH is 1. The van der Waals surface area contributed by atoms with Crippen molar-refractivity contribution in [2.45, 2.75) is 38.2 Å². The summed E-state index contributed by atoms with van der Waals surface area (Å²) in [6, 6.07) is 4.92. The summed E-state index contributed by atoms with van der Waals surface area (Å²) in [5, 5.41) is 15.8. The quantitative estimate of drug-likeness (QED) is 0.684. The number of carbonyl (C=O) groups excluding carboxylic acids is 1. The number of carbonyl (C=O) groups is 1. The van der Waals surface area contributed by atoms with E-state index in [1.54, 1.807) is 6.92 Å². The molecule has 3 unspecified atom stereocenters. The fourth-order valence-corrected chi connectivity index (χ4v) is 3.38. The predicted molar refractivity (Wildman–Crippen MR) is 107 cm³/mol. The van der Waals surface area contributed by atoms with Crippen LogP contribution in [0.5, 0.6) is 0 Å². The number of aliphatic hydroxyl groups is 1. The van der Waals surface area contributed by atoms with Crippen molar-refractivity contribution in [1.29, 1.82) is 0 Å². The lowest BCUT2D eigenvalue weighted by Gasteiger charge is -2.30. The maximum absolute atomic E-state index is 13.3. The van der Waals surface area contributed by atoms with Crippen LogP contribution in [0.3, 0.4) is 0 Å². The largest absolute Gasteiger partial charge is 0.394 e. The second-order valence-corrected chi connectivity index (χ2v) is 7.51. The van der Waals surface area contributed by atoms with Gasteiger partial charge in [0.05, 0.1) is 25.5 Å². The molecule has 0 aliphatic carbocycles. The molecule has 2 aliphatic heterocycles. The molecule has 0 radical (unpaired) electrons. The number of ether oxygens (including phenoxy) is 2. The monoisotopic (exact) mass is 448 g/mol. The third-order valence-corrected chi connectivity index (χ3v) is 5.11. The van der Waals surface area contributed by atoms with E-state index in [0.717, 1.165) is 12.1 Å². The number of hydrogen-bond donors (Lipinski definition) is 2. The van der Waals surface area contributed by atoms with Crippen LogP contribution in [0.2, 0.25) is 0 Å². The molecule has 9 nitrogen and oxygen atoms in total. The van der Waals surface area contributed by atoms with Gasteiger partial charge in [0.1, 0.15) is 29.4 Å². The lowest BCUT2D eigenvalue weighted by atomic mass is 10.0. The van der Waals surface area contributed by atoms with Gasteiger partial charge >= 0.3 is 0 Å². The van der Waals surface area contributed by atoms with Gasteiger partial charge in [-0.2, -0.15) is 0 Å². The molecule has 11 heteroatoms. The van der Waals surface area contributed by atoms with Crippen molar-refractivity contribution in [2.75, 3.05) is 19.8 Å². The van der Waals surface area contributed by atoms with E-state index >= 15 is 0 Å². The van der Waals surface area contributed by atoms with Crippen molar-refractivity contribution in [3.63, 3.8) is 0 Å². The third-order valence-electron chi connectivity index (χ3n) is 5.11. The molecule has 0 spiro atoms. The normalized spacial score (nSPS) is 22.9. The van der Waals surface area contributed by atoms with E-state index < -0.39 is 17.5 Å². The first-order valence-electron chi connectivity index (χ1n) is 10.1. The van der Waals surface area contributed by atoms with Crippen LogP contribution < -0.4 is 5.32 Å². The Morgan fingerprint density at radius 2 is 2.00 bits per heavy atom. The SMILES string of the molecule is Cc1nc(C(=O)NCc2ccc(F)c(F)c2)cc(C2=NOC(C3COC(CO)CO3)C2)n1. The Hall–Kier alpha value is -3.02. The Kier molecular flexibility index (Phi) is 6.68. The van der Waals surface area contributed by atoms with Crippen molar-refractivity contribution in [3.05, 3.63) is 58.7 Å². The molecule has 32 heavy (non-hydrogen) atoms. The molecule has 1 aromatic heterocycles. The average Bonchev–Trinajstić information content (AvgIpc) is 3.30. The van der Waals surface area contributed by atoms with Gasteiger partial charge in [0, 0.05) is 13.0 Å². The van der Waals surface area contributed by atoms with E-state index in [9.17, 15) is 13.6 Å². The molecule has 1 fully saturated rings. The molecular formula is C21H22F2N4O5. The minimum Gasteiger partial charge on any atom is -0.394 e. The summed E-state index contributed by atoms with van der Waals surface area (Å²) in [6.45, 7) is 2.09. The standard InChI is InChI=1S/C21H22F2N4O5/c1-11-25-16(17-6-19(32-27-17)20-10-30-13(8-28)9-31-20)5-18(26-11)21(29)24-7-12-2-3-14(22)15(23)4-12/h2-5,13,19-20,28H,6-10H2,1H3,(H,24,29). The summed E-state index contributed by atoms with van der Waals surface area (Å²) in [7, 11) is 0. The minimum absolute atomic E-state index is 0.00834. The number of rotatable bonds is 6. The first-order chi connectivity index (χ1) is 15.4. The van der Waals surface area contributed by atoms with E-state index in [1.165, 1.54) is 12.1 Å².